The standard InChI is InChI=1S/C21H20N6O2/c28-19-3-1-2-18(14-19)27-11-8-22-15-20(27)24-21(25-27)23-16-4-6-17(7-5-16)26-9-12-29-13-10-26/h1-8,11,14-15H,9-10,12-13H2,(H-,23,25,28)/p+1. The molecule has 1 fully saturated rings. The molecule has 0 saturated carbocycles. The Morgan fingerprint density at radius 1 is 1.07 bits per heavy atom. The average Bonchev–Trinajstić information content (AvgIpc) is 3.14. The zero-order chi connectivity index (χ0) is 19.7. The number of guanidine groups is 1. The van der Waals surface area contributed by atoms with Gasteiger partial charge in [-0.3, -0.25) is 4.99 Å². The molecule has 2 aromatic carbocycles. The summed E-state index contributed by atoms with van der Waals surface area (Å²) in [6, 6.07) is 15.2. The summed E-state index contributed by atoms with van der Waals surface area (Å²) >= 11 is 0. The Hall–Kier alpha value is -3.49. The summed E-state index contributed by atoms with van der Waals surface area (Å²) < 4.78 is 5.45. The van der Waals surface area contributed by atoms with E-state index in [0.717, 1.165) is 37.7 Å². The number of phenolic OH excluding ortho intramolecular Hbond substituents is 1. The molecule has 1 saturated heterocycles. The number of anilines is 2. The molecule has 3 aliphatic heterocycles. The van der Waals surface area contributed by atoms with Gasteiger partial charge in [0.05, 0.1) is 19.4 Å². The van der Waals surface area contributed by atoms with E-state index in [-0.39, 0.29) is 10.3 Å². The molecule has 3 aliphatic rings. The number of quaternary nitrogens is 1. The summed E-state index contributed by atoms with van der Waals surface area (Å²) in [4.78, 5) is 11.1. The van der Waals surface area contributed by atoms with Gasteiger partial charge in [-0.1, -0.05) is 10.7 Å². The molecule has 146 valence electrons. The fourth-order valence-electron chi connectivity index (χ4n) is 3.62. The van der Waals surface area contributed by atoms with E-state index in [9.17, 15) is 5.11 Å². The van der Waals surface area contributed by atoms with Crippen molar-refractivity contribution >= 4 is 35.1 Å². The summed E-state index contributed by atoms with van der Waals surface area (Å²) in [7, 11) is 0. The van der Waals surface area contributed by atoms with Crippen molar-refractivity contribution in [2.24, 2.45) is 15.1 Å². The molecular formula is C21H21N6O2+. The molecule has 0 aromatic heterocycles. The number of morpholine rings is 1. The molecule has 8 nitrogen and oxygen atoms in total. The third-order valence-electron chi connectivity index (χ3n) is 5.10. The first-order valence-corrected chi connectivity index (χ1v) is 9.51. The molecule has 2 N–H and O–H groups in total. The minimum Gasteiger partial charge on any atom is -0.508 e. The van der Waals surface area contributed by atoms with Gasteiger partial charge in [0, 0.05) is 36.6 Å². The molecule has 29 heavy (non-hydrogen) atoms. The molecular weight excluding hydrogens is 368 g/mol. The Morgan fingerprint density at radius 3 is 2.69 bits per heavy atom. The number of ether oxygens (including phenoxy) is 1. The number of amidine groups is 1. The SMILES string of the molecule is Oc1cccc([N+]23C=CN=CC2=NC(Nc2ccc(N4CCOCC4)cc2)=N3)c1. The molecule has 0 aliphatic carbocycles. The maximum atomic E-state index is 9.91. The van der Waals surface area contributed by atoms with Crippen molar-refractivity contribution in [2.45, 2.75) is 0 Å². The molecule has 0 bridgehead atoms. The molecule has 8 heteroatoms. The van der Waals surface area contributed by atoms with Crippen molar-refractivity contribution in [2.75, 3.05) is 36.5 Å². The van der Waals surface area contributed by atoms with Gasteiger partial charge in [-0.25, -0.2) is 0 Å². The summed E-state index contributed by atoms with van der Waals surface area (Å²) in [6.45, 7) is 3.34. The van der Waals surface area contributed by atoms with Crippen LogP contribution in [-0.2, 0) is 4.74 Å². The summed E-state index contributed by atoms with van der Waals surface area (Å²) in [6.07, 6.45) is 5.21. The largest absolute Gasteiger partial charge is 0.508 e. The molecule has 0 radical (unpaired) electrons. The predicted molar refractivity (Wildman–Crippen MR) is 115 cm³/mol. The van der Waals surface area contributed by atoms with E-state index in [1.54, 1.807) is 30.6 Å². The van der Waals surface area contributed by atoms with Crippen molar-refractivity contribution in [3.63, 3.8) is 0 Å². The first-order chi connectivity index (χ1) is 14.2. The minimum absolute atomic E-state index is 0.0338. The van der Waals surface area contributed by atoms with Crippen LogP contribution in [0.15, 0.2) is 76.0 Å². The Labute approximate surface area is 168 Å². The maximum absolute atomic E-state index is 9.91. The van der Waals surface area contributed by atoms with Crippen LogP contribution in [-0.4, -0.2) is 49.4 Å². The van der Waals surface area contributed by atoms with Gasteiger partial charge in [0.15, 0.2) is 11.9 Å². The number of aliphatic imine (C=N–C) groups is 2. The Kier molecular flexibility index (Phi) is 4.34. The van der Waals surface area contributed by atoms with Crippen LogP contribution in [0.4, 0.5) is 17.1 Å². The van der Waals surface area contributed by atoms with E-state index in [2.05, 4.69) is 32.3 Å². The molecule has 3 heterocycles. The summed E-state index contributed by atoms with van der Waals surface area (Å²) in [5, 5.41) is 18.0. The third-order valence-corrected chi connectivity index (χ3v) is 5.10. The zero-order valence-electron chi connectivity index (χ0n) is 15.8. The number of phenols is 1. The number of aromatic hydroxyl groups is 1. The van der Waals surface area contributed by atoms with Crippen molar-refractivity contribution < 1.29 is 9.84 Å². The summed E-state index contributed by atoms with van der Waals surface area (Å²) in [5.41, 5.74) is 2.86. The van der Waals surface area contributed by atoms with Crippen molar-refractivity contribution in [3.8, 4) is 5.75 Å². The average molecular weight is 389 g/mol. The quantitative estimate of drug-likeness (QED) is 0.791. The number of hydrogen-bond acceptors (Lipinski definition) is 7. The van der Waals surface area contributed by atoms with E-state index >= 15 is 0 Å². The summed E-state index contributed by atoms with van der Waals surface area (Å²) in [5.74, 6) is 1.33. The first-order valence-electron chi connectivity index (χ1n) is 9.51. The normalized spacial score (nSPS) is 22.8. The lowest BCUT2D eigenvalue weighted by Gasteiger charge is -2.28. The fraction of sp³-hybridized carbons (Fsp3) is 0.190. The molecule has 2 aromatic rings. The van der Waals surface area contributed by atoms with Crippen LogP contribution in [0.3, 0.4) is 0 Å². The highest BCUT2D eigenvalue weighted by Crippen LogP contribution is 2.33. The minimum atomic E-state index is 0.0338. The van der Waals surface area contributed by atoms with Gasteiger partial charge in [-0.05, 0) is 35.4 Å². The highest BCUT2D eigenvalue weighted by Gasteiger charge is 2.42. The van der Waals surface area contributed by atoms with Crippen molar-refractivity contribution in [3.05, 3.63) is 60.9 Å². The van der Waals surface area contributed by atoms with Gasteiger partial charge in [-0.15, -0.1) is 0 Å². The van der Waals surface area contributed by atoms with Gasteiger partial charge >= 0.3 is 0 Å². The molecule has 5 rings (SSSR count). The lowest BCUT2D eigenvalue weighted by Crippen LogP contribution is -2.44. The molecule has 0 amide bonds. The van der Waals surface area contributed by atoms with Gasteiger partial charge in [0.1, 0.15) is 12.0 Å². The number of benzene rings is 2. The highest BCUT2D eigenvalue weighted by atomic mass is 16.5. The van der Waals surface area contributed by atoms with Gasteiger partial charge in [0.25, 0.3) is 11.8 Å². The van der Waals surface area contributed by atoms with E-state index in [4.69, 9.17) is 9.84 Å². The zero-order valence-corrected chi connectivity index (χ0v) is 15.8. The van der Waals surface area contributed by atoms with Crippen LogP contribution in [0.2, 0.25) is 0 Å². The van der Waals surface area contributed by atoms with Crippen molar-refractivity contribution in [1.82, 2.24) is 4.59 Å². The number of hydrogen-bond donors (Lipinski definition) is 2. The smallest absolute Gasteiger partial charge is 0.287 e. The van der Waals surface area contributed by atoms with Crippen LogP contribution < -0.4 is 14.8 Å². The third kappa shape index (κ3) is 3.28. The monoisotopic (exact) mass is 389 g/mol. The van der Waals surface area contributed by atoms with Crippen molar-refractivity contribution in [1.29, 1.82) is 0 Å². The lowest BCUT2D eigenvalue weighted by atomic mass is 10.2. The molecule has 0 spiro atoms. The van der Waals surface area contributed by atoms with Crippen LogP contribution in [0, 0.1) is 0 Å². The van der Waals surface area contributed by atoms with Gasteiger partial charge < -0.3 is 20.1 Å². The first kappa shape index (κ1) is 17.6. The van der Waals surface area contributed by atoms with E-state index in [0.29, 0.717) is 11.8 Å². The predicted octanol–water partition coefficient (Wildman–Crippen LogP) is 2.89. The van der Waals surface area contributed by atoms with E-state index in [1.165, 1.54) is 5.69 Å². The number of nitrogens with zero attached hydrogens (tertiary/aromatic N) is 5. The molecule has 1 atom stereocenters. The Bertz CT molecular complexity index is 1040. The van der Waals surface area contributed by atoms with E-state index in [1.807, 2.05) is 24.4 Å². The van der Waals surface area contributed by atoms with Crippen LogP contribution >= 0.6 is 0 Å². The lowest BCUT2D eigenvalue weighted by molar-refractivity contribution is 0.122. The maximum Gasteiger partial charge on any atom is 0.287 e. The van der Waals surface area contributed by atoms with Crippen LogP contribution in [0.5, 0.6) is 5.75 Å². The van der Waals surface area contributed by atoms with Crippen LogP contribution in [0.25, 0.3) is 0 Å². The van der Waals surface area contributed by atoms with Gasteiger partial charge in [0.2, 0.25) is 0 Å². The topological polar surface area (TPSA) is 81.8 Å². The second-order valence-corrected chi connectivity index (χ2v) is 6.95. The number of rotatable bonds is 3. The second kappa shape index (κ2) is 7.16. The Morgan fingerprint density at radius 2 is 1.90 bits per heavy atom. The number of nitrogens with one attached hydrogen (secondary N) is 1. The van der Waals surface area contributed by atoms with Gasteiger partial charge in [-0.2, -0.15) is 4.99 Å². The van der Waals surface area contributed by atoms with Crippen LogP contribution in [0.1, 0.15) is 0 Å². The Balaban J connectivity index is 1.40. The molecule has 1 unspecified atom stereocenters. The number of fused-ring (bicyclic) bond motifs is 1. The van der Waals surface area contributed by atoms with E-state index < -0.39 is 0 Å². The highest BCUT2D eigenvalue weighted by molar-refractivity contribution is 6.38. The fourth-order valence-corrected chi connectivity index (χ4v) is 3.62. The second-order valence-electron chi connectivity index (χ2n) is 6.95.